The molecular weight excluding hydrogens is 603 g/mol. The fourth-order valence-corrected chi connectivity index (χ4v) is 6.52. The van der Waals surface area contributed by atoms with E-state index in [9.17, 15) is 23.7 Å². The average molecular weight is 653 g/mol. The number of aromatic nitrogens is 2. The Bertz CT molecular complexity index is 1100. The summed E-state index contributed by atoms with van der Waals surface area (Å²) >= 11 is 2.55. The van der Waals surface area contributed by atoms with Gasteiger partial charge in [-0.2, -0.15) is 0 Å². The normalized spacial score (nSPS) is 14.1. The van der Waals surface area contributed by atoms with Crippen LogP contribution in [0.4, 0.5) is 0 Å². The molecule has 0 aliphatic carbocycles. The first-order valence-electron chi connectivity index (χ1n) is 14.2. The van der Waals surface area contributed by atoms with Gasteiger partial charge in [0.15, 0.2) is 10.2 Å². The number of unbranched alkanes of at least 4 members (excludes halogenated alkanes) is 2. The van der Waals surface area contributed by atoms with E-state index in [4.69, 9.17) is 18.3 Å². The number of phosphoric ester groups is 1. The molecule has 0 bridgehead atoms. The molecule has 0 aliphatic heterocycles. The summed E-state index contributed by atoms with van der Waals surface area (Å²) in [6.07, 6.45) is 3.71. The van der Waals surface area contributed by atoms with Gasteiger partial charge in [-0.25, -0.2) is 9.36 Å². The zero-order valence-corrected chi connectivity index (χ0v) is 28.8. The molecule has 0 aliphatic rings. The van der Waals surface area contributed by atoms with Gasteiger partial charge in [0.05, 0.1) is 25.9 Å². The molecule has 0 radical (unpaired) electrons. The Kier molecular flexibility index (Phi) is 17.2. The standard InChI is InChI=1S/C28H49N2O9PS2/c1-21(30-14-13-23(31)29-26(30)34)19-22(36-8)20-39-40(35,37-15-9-11-17-41-24(32)27(2,3)4)38-16-10-12-18-42-25(33)28(5,6)7/h13-14,21-22H,9-12,15-20H2,1-8H3,(H,29,31,34)/t21-,22-/m0/s1. The summed E-state index contributed by atoms with van der Waals surface area (Å²) in [5, 5.41) is 0.235. The zero-order valence-electron chi connectivity index (χ0n) is 26.3. The highest BCUT2D eigenvalue weighted by Crippen LogP contribution is 2.50. The van der Waals surface area contributed by atoms with Gasteiger partial charge in [0.25, 0.3) is 5.56 Å². The van der Waals surface area contributed by atoms with Gasteiger partial charge in [-0.3, -0.25) is 37.5 Å². The van der Waals surface area contributed by atoms with Gasteiger partial charge in [0.1, 0.15) is 0 Å². The number of nitrogens with one attached hydrogen (secondary N) is 1. The van der Waals surface area contributed by atoms with E-state index < -0.39 is 36.0 Å². The minimum Gasteiger partial charge on any atom is -0.379 e. The lowest BCUT2D eigenvalue weighted by molar-refractivity contribution is -0.118. The summed E-state index contributed by atoms with van der Waals surface area (Å²) < 4.78 is 37.3. The maximum atomic E-state index is 13.5. The number of nitrogens with zero attached hydrogens (tertiary/aromatic N) is 1. The van der Waals surface area contributed by atoms with Crippen LogP contribution in [0.2, 0.25) is 0 Å². The average Bonchev–Trinajstić information content (AvgIpc) is 2.89. The first-order chi connectivity index (χ1) is 19.5. The lowest BCUT2D eigenvalue weighted by atomic mass is 9.99. The number of thioether (sulfide) groups is 2. The summed E-state index contributed by atoms with van der Waals surface area (Å²) in [5.41, 5.74) is -1.83. The Balaban J connectivity index is 2.69. The molecule has 0 fully saturated rings. The number of phosphoric acid groups is 1. The maximum Gasteiger partial charge on any atom is 0.474 e. The first kappa shape index (κ1) is 38.8. The zero-order chi connectivity index (χ0) is 32.0. The van der Waals surface area contributed by atoms with Crippen molar-refractivity contribution in [2.75, 3.05) is 38.4 Å². The monoisotopic (exact) mass is 652 g/mol. The summed E-state index contributed by atoms with van der Waals surface area (Å²) in [7, 11) is -2.47. The van der Waals surface area contributed by atoms with Crippen LogP contribution in [0.3, 0.4) is 0 Å². The van der Waals surface area contributed by atoms with Crippen LogP contribution in [-0.2, 0) is 32.5 Å². The van der Waals surface area contributed by atoms with Crippen molar-refractivity contribution in [1.29, 1.82) is 0 Å². The molecule has 0 unspecified atom stereocenters. The predicted molar refractivity (Wildman–Crippen MR) is 169 cm³/mol. The molecule has 242 valence electrons. The SMILES string of the molecule is CO[C@H](COP(=O)(OCCCCSC(=O)C(C)(C)C)OCCCCSC(=O)C(C)(C)C)C[C@H](C)n1ccc(=O)[nH]c1=O. The van der Waals surface area contributed by atoms with Crippen molar-refractivity contribution in [2.45, 2.75) is 92.7 Å². The van der Waals surface area contributed by atoms with E-state index in [0.29, 0.717) is 43.6 Å². The van der Waals surface area contributed by atoms with Gasteiger partial charge in [-0.05, 0) is 39.0 Å². The van der Waals surface area contributed by atoms with Gasteiger partial charge in [-0.1, -0.05) is 65.1 Å². The number of hydrogen-bond acceptors (Lipinski definition) is 11. The Morgan fingerprint density at radius 3 is 1.83 bits per heavy atom. The fourth-order valence-electron chi connectivity index (χ4n) is 3.31. The van der Waals surface area contributed by atoms with Crippen molar-refractivity contribution in [2.24, 2.45) is 10.8 Å². The molecule has 1 N–H and O–H groups in total. The molecule has 1 rings (SSSR count). The Morgan fingerprint density at radius 2 is 1.40 bits per heavy atom. The quantitative estimate of drug-likeness (QED) is 0.142. The number of ether oxygens (including phenoxy) is 1. The highest BCUT2D eigenvalue weighted by atomic mass is 32.2. The van der Waals surface area contributed by atoms with E-state index in [1.54, 1.807) is 6.92 Å². The van der Waals surface area contributed by atoms with Crippen molar-refractivity contribution in [3.05, 3.63) is 33.1 Å². The van der Waals surface area contributed by atoms with E-state index in [-0.39, 0.29) is 36.1 Å². The minimum atomic E-state index is -3.95. The van der Waals surface area contributed by atoms with Crippen molar-refractivity contribution < 1.29 is 32.5 Å². The molecule has 0 aromatic carbocycles. The van der Waals surface area contributed by atoms with Crippen LogP contribution in [0.5, 0.6) is 0 Å². The topological polar surface area (TPSA) is 143 Å². The fraction of sp³-hybridized carbons (Fsp3) is 0.786. The smallest absolute Gasteiger partial charge is 0.379 e. The van der Waals surface area contributed by atoms with Crippen LogP contribution in [-0.4, -0.2) is 64.3 Å². The number of carbonyl (C=O) groups excluding carboxylic acids is 2. The number of methoxy groups -OCH3 is 1. The molecule has 0 saturated carbocycles. The van der Waals surface area contributed by atoms with Crippen LogP contribution in [0.15, 0.2) is 21.9 Å². The molecule has 0 spiro atoms. The molecule has 2 atom stereocenters. The van der Waals surface area contributed by atoms with E-state index in [0.717, 1.165) is 0 Å². The third kappa shape index (κ3) is 15.5. The molecule has 42 heavy (non-hydrogen) atoms. The molecule has 1 aromatic heterocycles. The molecular formula is C28H49N2O9PS2. The lowest BCUT2D eigenvalue weighted by Crippen LogP contribution is -2.32. The lowest BCUT2D eigenvalue weighted by Gasteiger charge is -2.24. The molecule has 0 amide bonds. The first-order valence-corrected chi connectivity index (χ1v) is 17.6. The third-order valence-electron chi connectivity index (χ3n) is 5.95. The number of aromatic amines is 1. The second-order valence-electron chi connectivity index (χ2n) is 12.1. The minimum absolute atomic E-state index is 0.109. The Hall–Kier alpha value is -1.21. The number of hydrogen-bond donors (Lipinski definition) is 1. The second kappa shape index (κ2) is 18.6. The largest absolute Gasteiger partial charge is 0.474 e. The number of H-pyrrole nitrogens is 1. The van der Waals surface area contributed by atoms with E-state index in [1.807, 2.05) is 41.5 Å². The Labute approximate surface area is 258 Å². The van der Waals surface area contributed by atoms with Gasteiger partial charge in [-0.15, -0.1) is 0 Å². The molecule has 11 nitrogen and oxygen atoms in total. The molecule has 1 heterocycles. The van der Waals surface area contributed by atoms with E-state index in [2.05, 4.69) is 4.98 Å². The van der Waals surface area contributed by atoms with Crippen LogP contribution in [0, 0.1) is 10.8 Å². The number of rotatable bonds is 19. The van der Waals surface area contributed by atoms with E-state index >= 15 is 0 Å². The molecule has 0 saturated heterocycles. The van der Waals surface area contributed by atoms with Crippen molar-refractivity contribution in [1.82, 2.24) is 9.55 Å². The van der Waals surface area contributed by atoms with Crippen LogP contribution >= 0.6 is 31.3 Å². The van der Waals surface area contributed by atoms with Gasteiger partial charge in [0, 0.05) is 47.8 Å². The van der Waals surface area contributed by atoms with Crippen molar-refractivity contribution >= 4 is 41.6 Å². The van der Waals surface area contributed by atoms with Crippen molar-refractivity contribution in [3.8, 4) is 0 Å². The summed E-state index contributed by atoms with van der Waals surface area (Å²) in [4.78, 5) is 49.9. The van der Waals surface area contributed by atoms with Crippen LogP contribution < -0.4 is 11.2 Å². The predicted octanol–water partition coefficient (Wildman–Crippen LogP) is 5.83. The van der Waals surface area contributed by atoms with Gasteiger partial charge in [0.2, 0.25) is 0 Å². The van der Waals surface area contributed by atoms with E-state index in [1.165, 1.54) is 47.5 Å². The molecule has 1 aromatic rings. The summed E-state index contributed by atoms with van der Waals surface area (Å²) in [6, 6.07) is 0.923. The van der Waals surface area contributed by atoms with Crippen LogP contribution in [0.1, 0.15) is 86.6 Å². The Morgan fingerprint density at radius 1 is 0.905 bits per heavy atom. The third-order valence-corrected chi connectivity index (χ3v) is 10.1. The highest BCUT2D eigenvalue weighted by molar-refractivity contribution is 8.14. The van der Waals surface area contributed by atoms with Gasteiger partial charge < -0.3 is 4.74 Å². The summed E-state index contributed by atoms with van der Waals surface area (Å²) in [6.45, 7) is 13.2. The van der Waals surface area contributed by atoms with Crippen LogP contribution in [0.25, 0.3) is 0 Å². The highest BCUT2D eigenvalue weighted by Gasteiger charge is 2.29. The van der Waals surface area contributed by atoms with Gasteiger partial charge >= 0.3 is 13.5 Å². The second-order valence-corrected chi connectivity index (χ2v) is 15.9. The molecule has 14 heteroatoms. The summed E-state index contributed by atoms with van der Waals surface area (Å²) in [5.74, 6) is 1.26. The maximum absolute atomic E-state index is 13.5. The number of carbonyl (C=O) groups is 2. The van der Waals surface area contributed by atoms with Crippen molar-refractivity contribution in [3.63, 3.8) is 0 Å².